The number of rotatable bonds is 5. The van der Waals surface area contributed by atoms with E-state index in [9.17, 15) is 0 Å². The molecule has 70 valence electrons. The van der Waals surface area contributed by atoms with Crippen LogP contribution in [0.3, 0.4) is 0 Å². The average Bonchev–Trinajstić information content (AvgIpc) is 2.68. The van der Waals surface area contributed by atoms with E-state index in [1.54, 1.807) is 0 Å². The number of hydrogen-bond donors (Lipinski definition) is 1. The SMILES string of the molecule is CCC(CCC(C)C)B1CC1N. The Hall–Kier alpha value is 0.0249. The second-order valence-corrected chi connectivity index (χ2v) is 4.70. The topological polar surface area (TPSA) is 26.0 Å². The van der Waals surface area contributed by atoms with Crippen LogP contribution in [0.25, 0.3) is 0 Å². The van der Waals surface area contributed by atoms with Gasteiger partial charge in [0.15, 0.2) is 6.71 Å². The highest BCUT2D eigenvalue weighted by atomic mass is 14.6. The van der Waals surface area contributed by atoms with E-state index in [2.05, 4.69) is 20.8 Å². The van der Waals surface area contributed by atoms with Gasteiger partial charge in [-0.25, -0.2) is 0 Å². The lowest BCUT2D eigenvalue weighted by Crippen LogP contribution is -2.15. The van der Waals surface area contributed by atoms with Gasteiger partial charge in [-0.2, -0.15) is 0 Å². The number of hydrogen-bond acceptors (Lipinski definition) is 1. The summed E-state index contributed by atoms with van der Waals surface area (Å²) < 4.78 is 0. The molecular weight excluding hydrogens is 145 g/mol. The molecule has 1 aliphatic heterocycles. The molecule has 0 radical (unpaired) electrons. The molecule has 1 aliphatic rings. The average molecular weight is 167 g/mol. The normalized spacial score (nSPS) is 24.8. The van der Waals surface area contributed by atoms with E-state index in [0.29, 0.717) is 5.94 Å². The van der Waals surface area contributed by atoms with Crippen LogP contribution >= 0.6 is 0 Å². The van der Waals surface area contributed by atoms with Gasteiger partial charge in [-0.15, -0.1) is 0 Å². The van der Waals surface area contributed by atoms with Crippen molar-refractivity contribution in [1.82, 2.24) is 0 Å². The summed E-state index contributed by atoms with van der Waals surface area (Å²) in [5.41, 5.74) is 5.85. The van der Waals surface area contributed by atoms with Gasteiger partial charge in [0, 0.05) is 0 Å². The summed E-state index contributed by atoms with van der Waals surface area (Å²) in [6, 6.07) is 0. The lowest BCUT2D eigenvalue weighted by molar-refractivity contribution is 0.531. The Morgan fingerprint density at radius 1 is 1.42 bits per heavy atom. The molecular formula is C10H22BN. The van der Waals surface area contributed by atoms with Crippen LogP contribution in [0.15, 0.2) is 0 Å². The van der Waals surface area contributed by atoms with E-state index in [1.807, 2.05) is 0 Å². The maximum absolute atomic E-state index is 5.85. The van der Waals surface area contributed by atoms with E-state index in [1.165, 1.54) is 25.6 Å². The van der Waals surface area contributed by atoms with Gasteiger partial charge in [-0.05, 0) is 11.9 Å². The summed E-state index contributed by atoms with van der Waals surface area (Å²) in [6.45, 7) is 7.78. The molecule has 1 fully saturated rings. The third-order valence-electron chi connectivity index (χ3n) is 3.14. The third kappa shape index (κ3) is 2.82. The van der Waals surface area contributed by atoms with Gasteiger partial charge < -0.3 is 5.73 Å². The zero-order chi connectivity index (χ0) is 9.14. The van der Waals surface area contributed by atoms with Crippen molar-refractivity contribution in [2.75, 3.05) is 0 Å². The maximum atomic E-state index is 5.85. The smallest absolute Gasteiger partial charge is 0.163 e. The molecule has 1 heterocycles. The molecule has 2 unspecified atom stereocenters. The Labute approximate surface area is 77.2 Å². The second-order valence-electron chi connectivity index (χ2n) is 4.70. The number of nitrogens with two attached hydrogens (primary N) is 1. The molecule has 12 heavy (non-hydrogen) atoms. The summed E-state index contributed by atoms with van der Waals surface area (Å²) >= 11 is 0. The van der Waals surface area contributed by atoms with Crippen LogP contribution in [0.4, 0.5) is 0 Å². The lowest BCUT2D eigenvalue weighted by Gasteiger charge is -2.13. The summed E-state index contributed by atoms with van der Waals surface area (Å²) in [5, 5.41) is 0. The highest BCUT2D eigenvalue weighted by Gasteiger charge is 2.42. The highest BCUT2D eigenvalue weighted by Crippen LogP contribution is 2.36. The molecule has 0 bridgehead atoms. The Balaban J connectivity index is 2.17. The summed E-state index contributed by atoms with van der Waals surface area (Å²) in [6.07, 6.45) is 5.38. The molecule has 0 aliphatic carbocycles. The quantitative estimate of drug-likeness (QED) is 0.625. The molecule has 0 aromatic rings. The monoisotopic (exact) mass is 167 g/mol. The molecule has 0 aromatic heterocycles. The van der Waals surface area contributed by atoms with Gasteiger partial charge in [0.2, 0.25) is 0 Å². The Morgan fingerprint density at radius 2 is 2.00 bits per heavy atom. The fraction of sp³-hybridized carbons (Fsp3) is 1.00. The first-order valence-corrected chi connectivity index (χ1v) is 5.40. The molecule has 1 nitrogen and oxygen atoms in total. The van der Waals surface area contributed by atoms with Crippen molar-refractivity contribution < 1.29 is 0 Å². The molecule has 2 heteroatoms. The van der Waals surface area contributed by atoms with E-state index in [-0.39, 0.29) is 0 Å². The first-order chi connectivity index (χ1) is 5.65. The first kappa shape index (κ1) is 10.1. The minimum atomic E-state index is 0.544. The minimum Gasteiger partial charge on any atom is -0.335 e. The summed E-state index contributed by atoms with van der Waals surface area (Å²) in [4.78, 5) is 0. The summed E-state index contributed by atoms with van der Waals surface area (Å²) in [7, 11) is 0. The van der Waals surface area contributed by atoms with Gasteiger partial charge in [0.1, 0.15) is 0 Å². The maximum Gasteiger partial charge on any atom is 0.163 e. The Morgan fingerprint density at radius 3 is 2.33 bits per heavy atom. The molecule has 0 amide bonds. The van der Waals surface area contributed by atoms with Crippen molar-refractivity contribution in [3.05, 3.63) is 0 Å². The fourth-order valence-electron chi connectivity index (χ4n) is 2.05. The van der Waals surface area contributed by atoms with Crippen LogP contribution in [0.2, 0.25) is 12.1 Å². The predicted molar refractivity (Wildman–Crippen MR) is 56.6 cm³/mol. The van der Waals surface area contributed by atoms with Crippen LogP contribution in [0.1, 0.15) is 40.0 Å². The minimum absolute atomic E-state index is 0.544. The van der Waals surface area contributed by atoms with Gasteiger partial charge in [0.05, 0.1) is 0 Å². The Bertz CT molecular complexity index is 136. The van der Waals surface area contributed by atoms with Gasteiger partial charge in [-0.3, -0.25) is 0 Å². The van der Waals surface area contributed by atoms with E-state index in [0.717, 1.165) is 18.4 Å². The van der Waals surface area contributed by atoms with Crippen LogP contribution in [-0.4, -0.2) is 12.7 Å². The van der Waals surface area contributed by atoms with Gasteiger partial charge in [0.25, 0.3) is 0 Å². The van der Waals surface area contributed by atoms with Crippen molar-refractivity contribution in [1.29, 1.82) is 0 Å². The summed E-state index contributed by atoms with van der Waals surface area (Å²) in [5.74, 6) is 2.32. The predicted octanol–water partition coefficient (Wildman–Crippen LogP) is 2.58. The molecule has 0 spiro atoms. The lowest BCUT2D eigenvalue weighted by atomic mass is 9.54. The zero-order valence-electron chi connectivity index (χ0n) is 8.72. The second kappa shape index (κ2) is 4.31. The molecule has 0 saturated carbocycles. The van der Waals surface area contributed by atoms with E-state index < -0.39 is 0 Å². The van der Waals surface area contributed by atoms with Crippen LogP contribution < -0.4 is 5.73 Å². The molecule has 0 aromatic carbocycles. The van der Waals surface area contributed by atoms with Crippen LogP contribution in [0.5, 0.6) is 0 Å². The van der Waals surface area contributed by atoms with E-state index in [4.69, 9.17) is 5.73 Å². The first-order valence-electron chi connectivity index (χ1n) is 5.40. The van der Waals surface area contributed by atoms with Crippen molar-refractivity contribution in [3.63, 3.8) is 0 Å². The van der Waals surface area contributed by atoms with Crippen molar-refractivity contribution >= 4 is 6.71 Å². The van der Waals surface area contributed by atoms with Crippen molar-refractivity contribution in [2.24, 2.45) is 11.7 Å². The highest BCUT2D eigenvalue weighted by molar-refractivity contribution is 6.73. The zero-order valence-corrected chi connectivity index (χ0v) is 8.72. The molecule has 2 atom stereocenters. The van der Waals surface area contributed by atoms with E-state index >= 15 is 0 Å². The Kier molecular flexibility index (Phi) is 3.63. The fourth-order valence-corrected chi connectivity index (χ4v) is 2.05. The van der Waals surface area contributed by atoms with Crippen LogP contribution in [-0.2, 0) is 0 Å². The largest absolute Gasteiger partial charge is 0.335 e. The molecule has 1 rings (SSSR count). The van der Waals surface area contributed by atoms with Crippen molar-refractivity contribution in [2.45, 2.75) is 58.1 Å². The molecule has 2 N–H and O–H groups in total. The van der Waals surface area contributed by atoms with Crippen molar-refractivity contribution in [3.8, 4) is 0 Å². The third-order valence-corrected chi connectivity index (χ3v) is 3.14. The van der Waals surface area contributed by atoms with Gasteiger partial charge in [-0.1, -0.05) is 52.2 Å². The van der Waals surface area contributed by atoms with Gasteiger partial charge >= 0.3 is 0 Å². The standard InChI is InChI=1S/C10H22BN/c1-4-9(6-5-8(2)3)11-7-10(11)12/h8-10H,4-7,12H2,1-3H3. The molecule has 1 saturated heterocycles. The van der Waals surface area contributed by atoms with Crippen LogP contribution in [0, 0.1) is 5.92 Å².